The van der Waals surface area contributed by atoms with Crippen LogP contribution in [0.3, 0.4) is 0 Å². The molecule has 2 nitrogen and oxygen atoms in total. The Morgan fingerprint density at radius 3 is 2.70 bits per heavy atom. The predicted molar refractivity (Wildman–Crippen MR) is 84.9 cm³/mol. The third kappa shape index (κ3) is 3.05. The van der Waals surface area contributed by atoms with Crippen LogP contribution in [-0.4, -0.2) is 12.4 Å². The molecule has 0 unspecified atom stereocenters. The number of carbonyl (C=O) groups is 1. The summed E-state index contributed by atoms with van der Waals surface area (Å²) in [5, 5.41) is 0.502. The van der Waals surface area contributed by atoms with Crippen molar-refractivity contribution in [2.24, 2.45) is 0 Å². The monoisotopic (exact) mass is 352 g/mol. The summed E-state index contributed by atoms with van der Waals surface area (Å²) < 4.78 is 6.19. The zero-order valence-electron chi connectivity index (χ0n) is 11.2. The van der Waals surface area contributed by atoms with Gasteiger partial charge in [0.05, 0.1) is 16.1 Å². The molecule has 0 N–H and O–H groups in total. The van der Waals surface area contributed by atoms with Gasteiger partial charge in [-0.25, -0.2) is 0 Å². The molecule has 0 fully saturated rings. The second-order valence-corrected chi connectivity index (χ2v) is 5.58. The highest BCUT2D eigenvalue weighted by atomic mass is 79.9. The van der Waals surface area contributed by atoms with Crippen molar-refractivity contribution in [2.45, 2.75) is 13.8 Å². The molecule has 0 aromatic heterocycles. The Labute approximate surface area is 131 Å². The van der Waals surface area contributed by atoms with Crippen LogP contribution >= 0.6 is 27.5 Å². The topological polar surface area (TPSA) is 26.3 Å². The van der Waals surface area contributed by atoms with Crippen LogP contribution in [0.25, 0.3) is 0 Å². The van der Waals surface area contributed by atoms with E-state index in [0.29, 0.717) is 22.8 Å². The first-order valence-electron chi connectivity index (χ1n) is 6.26. The number of benzene rings is 2. The summed E-state index contributed by atoms with van der Waals surface area (Å²) in [6, 6.07) is 10.7. The van der Waals surface area contributed by atoms with Gasteiger partial charge >= 0.3 is 0 Å². The van der Waals surface area contributed by atoms with E-state index in [4.69, 9.17) is 16.3 Å². The fourth-order valence-electron chi connectivity index (χ4n) is 1.89. The normalized spacial score (nSPS) is 10.4. The van der Waals surface area contributed by atoms with Crippen molar-refractivity contribution in [3.8, 4) is 5.75 Å². The highest BCUT2D eigenvalue weighted by Crippen LogP contribution is 2.29. The summed E-state index contributed by atoms with van der Waals surface area (Å²) in [5.74, 6) is 0.627. The van der Waals surface area contributed by atoms with E-state index in [1.54, 1.807) is 24.3 Å². The lowest BCUT2D eigenvalue weighted by atomic mass is 10.0. The lowest BCUT2D eigenvalue weighted by molar-refractivity contribution is 0.103. The molecule has 4 heteroatoms. The summed E-state index contributed by atoms with van der Waals surface area (Å²) in [6.45, 7) is 4.38. The van der Waals surface area contributed by atoms with Gasteiger partial charge in [-0.2, -0.15) is 0 Å². The van der Waals surface area contributed by atoms with Gasteiger partial charge in [-0.05, 0) is 59.6 Å². The number of aryl methyl sites for hydroxylation is 1. The van der Waals surface area contributed by atoms with E-state index in [1.165, 1.54) is 0 Å². The largest absolute Gasteiger partial charge is 0.493 e. The minimum atomic E-state index is -0.0950. The number of hydrogen-bond acceptors (Lipinski definition) is 2. The average molecular weight is 354 g/mol. The second kappa shape index (κ2) is 6.42. The minimum Gasteiger partial charge on any atom is -0.493 e. The number of halogens is 2. The van der Waals surface area contributed by atoms with E-state index in [2.05, 4.69) is 15.9 Å². The molecule has 0 aliphatic rings. The third-order valence-electron chi connectivity index (χ3n) is 2.93. The van der Waals surface area contributed by atoms with Crippen LogP contribution in [0.4, 0.5) is 0 Å². The molecule has 2 aromatic carbocycles. The molecule has 0 saturated heterocycles. The van der Waals surface area contributed by atoms with Gasteiger partial charge in [0.1, 0.15) is 5.75 Å². The van der Waals surface area contributed by atoms with Crippen molar-refractivity contribution in [1.29, 1.82) is 0 Å². The lowest BCUT2D eigenvalue weighted by Crippen LogP contribution is -2.03. The van der Waals surface area contributed by atoms with E-state index in [-0.39, 0.29) is 5.78 Å². The summed E-state index contributed by atoms with van der Waals surface area (Å²) >= 11 is 9.61. The smallest absolute Gasteiger partial charge is 0.194 e. The van der Waals surface area contributed by atoms with Gasteiger partial charge in [0, 0.05) is 11.1 Å². The molecule has 2 aromatic rings. The number of hydrogen-bond donors (Lipinski definition) is 0. The average Bonchev–Trinajstić information content (AvgIpc) is 2.43. The quantitative estimate of drug-likeness (QED) is 0.720. The number of ketones is 1. The van der Waals surface area contributed by atoms with Gasteiger partial charge in [0.25, 0.3) is 0 Å². The highest BCUT2D eigenvalue weighted by molar-refractivity contribution is 9.10. The summed E-state index contributed by atoms with van der Waals surface area (Å²) in [5.41, 5.74) is 1.98. The SMILES string of the molecule is CCOc1ccc(C(=O)c2cccc(C)c2Cl)cc1Br. The molecule has 2 rings (SSSR count). The molecular weight excluding hydrogens is 340 g/mol. The van der Waals surface area contributed by atoms with Gasteiger partial charge in [-0.15, -0.1) is 0 Å². The van der Waals surface area contributed by atoms with Crippen molar-refractivity contribution in [2.75, 3.05) is 6.61 Å². The molecule has 0 radical (unpaired) electrons. The maximum absolute atomic E-state index is 12.5. The van der Waals surface area contributed by atoms with Gasteiger partial charge in [0.2, 0.25) is 0 Å². The standard InChI is InChI=1S/C16H14BrClO2/c1-3-20-14-8-7-11(9-13(14)17)16(19)12-6-4-5-10(2)15(12)18/h4-9H,3H2,1-2H3. The van der Waals surface area contributed by atoms with Gasteiger partial charge < -0.3 is 4.74 Å². The Hall–Kier alpha value is -1.32. The molecule has 0 aliphatic heterocycles. The summed E-state index contributed by atoms with van der Waals surface area (Å²) in [7, 11) is 0. The van der Waals surface area contributed by atoms with E-state index >= 15 is 0 Å². The first kappa shape index (κ1) is 15.1. The molecule has 0 saturated carbocycles. The fraction of sp³-hybridized carbons (Fsp3) is 0.188. The zero-order valence-corrected chi connectivity index (χ0v) is 13.6. The molecule has 0 aliphatic carbocycles. The lowest BCUT2D eigenvalue weighted by Gasteiger charge is -2.09. The van der Waals surface area contributed by atoms with E-state index in [1.807, 2.05) is 26.0 Å². The summed E-state index contributed by atoms with van der Waals surface area (Å²) in [4.78, 5) is 12.5. The summed E-state index contributed by atoms with van der Waals surface area (Å²) in [6.07, 6.45) is 0. The molecule has 0 spiro atoms. The number of rotatable bonds is 4. The van der Waals surface area contributed by atoms with Crippen molar-refractivity contribution in [1.82, 2.24) is 0 Å². The minimum absolute atomic E-state index is 0.0950. The fourth-order valence-corrected chi connectivity index (χ4v) is 2.60. The Bertz CT molecular complexity index is 653. The Morgan fingerprint density at radius 1 is 1.30 bits per heavy atom. The Balaban J connectivity index is 2.39. The maximum Gasteiger partial charge on any atom is 0.194 e. The van der Waals surface area contributed by atoms with Crippen molar-refractivity contribution in [3.05, 3.63) is 62.6 Å². The van der Waals surface area contributed by atoms with Gasteiger partial charge in [-0.1, -0.05) is 23.7 Å². The van der Waals surface area contributed by atoms with Crippen LogP contribution in [0.2, 0.25) is 5.02 Å². The second-order valence-electron chi connectivity index (χ2n) is 4.34. The number of carbonyl (C=O) groups excluding carboxylic acids is 1. The van der Waals surface area contributed by atoms with E-state index < -0.39 is 0 Å². The van der Waals surface area contributed by atoms with Gasteiger partial charge in [-0.3, -0.25) is 4.79 Å². The molecule has 0 bridgehead atoms. The van der Waals surface area contributed by atoms with Crippen molar-refractivity contribution in [3.63, 3.8) is 0 Å². The Kier molecular flexibility index (Phi) is 4.84. The van der Waals surface area contributed by atoms with Crippen molar-refractivity contribution < 1.29 is 9.53 Å². The molecule has 0 amide bonds. The number of ether oxygens (including phenoxy) is 1. The maximum atomic E-state index is 12.5. The first-order chi connectivity index (χ1) is 9.54. The van der Waals surface area contributed by atoms with Crippen molar-refractivity contribution >= 4 is 33.3 Å². The molecule has 0 heterocycles. The van der Waals surface area contributed by atoms with Crippen LogP contribution in [0, 0.1) is 6.92 Å². The van der Waals surface area contributed by atoms with Gasteiger partial charge in [0.15, 0.2) is 5.78 Å². The van der Waals surface area contributed by atoms with Crippen LogP contribution in [0.5, 0.6) is 5.75 Å². The van der Waals surface area contributed by atoms with E-state index in [0.717, 1.165) is 15.8 Å². The van der Waals surface area contributed by atoms with Crippen LogP contribution in [0.1, 0.15) is 28.4 Å². The van der Waals surface area contributed by atoms with E-state index in [9.17, 15) is 4.79 Å². The highest BCUT2D eigenvalue weighted by Gasteiger charge is 2.15. The Morgan fingerprint density at radius 2 is 2.05 bits per heavy atom. The zero-order chi connectivity index (χ0) is 14.7. The molecule has 104 valence electrons. The van der Waals surface area contributed by atoms with Crippen LogP contribution in [0.15, 0.2) is 40.9 Å². The molecular formula is C16H14BrClO2. The molecule has 0 atom stereocenters. The molecule has 20 heavy (non-hydrogen) atoms. The van der Waals surface area contributed by atoms with Crippen LogP contribution in [-0.2, 0) is 0 Å². The van der Waals surface area contributed by atoms with Crippen LogP contribution < -0.4 is 4.74 Å². The third-order valence-corrected chi connectivity index (χ3v) is 4.05. The predicted octanol–water partition coefficient (Wildman–Crippen LogP) is 5.04. The first-order valence-corrected chi connectivity index (χ1v) is 7.44.